The zero-order chi connectivity index (χ0) is 13.9. The van der Waals surface area contributed by atoms with E-state index in [-0.39, 0.29) is 6.09 Å². The second-order valence-corrected chi connectivity index (χ2v) is 6.57. The molecule has 0 aliphatic carbocycles. The van der Waals surface area contributed by atoms with Crippen LogP contribution in [0.3, 0.4) is 0 Å². The van der Waals surface area contributed by atoms with Gasteiger partial charge in [0.15, 0.2) is 0 Å². The van der Waals surface area contributed by atoms with Gasteiger partial charge in [-0.3, -0.25) is 0 Å². The van der Waals surface area contributed by atoms with Crippen molar-refractivity contribution in [1.29, 1.82) is 0 Å². The first-order valence-electron chi connectivity index (χ1n) is 7.39. The fourth-order valence-electron chi connectivity index (χ4n) is 2.58. The maximum absolute atomic E-state index is 12.1. The lowest BCUT2D eigenvalue weighted by atomic mass is 10.1. The quantitative estimate of drug-likeness (QED) is 0.808. The molecule has 0 saturated carbocycles. The van der Waals surface area contributed by atoms with Crippen LogP contribution >= 0.6 is 0 Å². The fraction of sp³-hybridized carbons (Fsp3) is 0.929. The zero-order valence-electron chi connectivity index (χ0n) is 12.4. The van der Waals surface area contributed by atoms with Gasteiger partial charge in [0.2, 0.25) is 0 Å². The smallest absolute Gasteiger partial charge is 0.410 e. The van der Waals surface area contributed by atoms with E-state index in [1.807, 2.05) is 25.7 Å². The number of rotatable bonds is 4. The van der Waals surface area contributed by atoms with Crippen molar-refractivity contribution in [3.05, 3.63) is 0 Å². The highest BCUT2D eigenvalue weighted by atomic mass is 16.6. The molecular weight excluding hydrogens is 242 g/mol. The van der Waals surface area contributed by atoms with Gasteiger partial charge in [-0.15, -0.1) is 0 Å². The Balaban J connectivity index is 1.74. The van der Waals surface area contributed by atoms with E-state index in [4.69, 9.17) is 4.74 Å². The molecule has 1 unspecified atom stereocenters. The molecule has 0 aromatic rings. The molecule has 5 nitrogen and oxygen atoms in total. The summed E-state index contributed by atoms with van der Waals surface area (Å²) in [6, 6.07) is 0.965. The third kappa shape index (κ3) is 4.35. The second kappa shape index (κ2) is 6.09. The van der Waals surface area contributed by atoms with Crippen LogP contribution in [0.25, 0.3) is 0 Å². The SMILES string of the molecule is CC(C)(C)OC(=O)N1CCCC1CCNC1CNC1. The largest absolute Gasteiger partial charge is 0.444 e. The Labute approximate surface area is 116 Å². The van der Waals surface area contributed by atoms with Crippen molar-refractivity contribution < 1.29 is 9.53 Å². The van der Waals surface area contributed by atoms with Crippen molar-refractivity contribution in [3.8, 4) is 0 Å². The summed E-state index contributed by atoms with van der Waals surface area (Å²) in [6.45, 7) is 9.71. The Morgan fingerprint density at radius 3 is 2.74 bits per heavy atom. The molecule has 0 spiro atoms. The van der Waals surface area contributed by atoms with Crippen molar-refractivity contribution in [1.82, 2.24) is 15.5 Å². The molecule has 2 saturated heterocycles. The maximum Gasteiger partial charge on any atom is 0.410 e. The van der Waals surface area contributed by atoms with E-state index < -0.39 is 5.60 Å². The van der Waals surface area contributed by atoms with E-state index in [0.717, 1.165) is 45.4 Å². The molecule has 0 aromatic carbocycles. The average Bonchev–Trinajstić information content (AvgIpc) is 2.67. The van der Waals surface area contributed by atoms with Crippen molar-refractivity contribution in [3.63, 3.8) is 0 Å². The van der Waals surface area contributed by atoms with Gasteiger partial charge in [-0.1, -0.05) is 0 Å². The first-order valence-corrected chi connectivity index (χ1v) is 7.39. The predicted molar refractivity (Wildman–Crippen MR) is 75.2 cm³/mol. The summed E-state index contributed by atoms with van der Waals surface area (Å²) in [5.74, 6) is 0. The normalized spacial score (nSPS) is 24.4. The number of ether oxygens (including phenoxy) is 1. The molecule has 1 amide bonds. The highest BCUT2D eigenvalue weighted by Gasteiger charge is 2.31. The number of hydrogen-bond acceptors (Lipinski definition) is 4. The van der Waals surface area contributed by atoms with Crippen LogP contribution < -0.4 is 10.6 Å². The third-order valence-corrected chi connectivity index (χ3v) is 3.70. The minimum Gasteiger partial charge on any atom is -0.444 e. The zero-order valence-corrected chi connectivity index (χ0v) is 12.4. The molecule has 2 rings (SSSR count). The first-order chi connectivity index (χ1) is 8.96. The minimum atomic E-state index is -0.403. The Hall–Kier alpha value is -0.810. The van der Waals surface area contributed by atoms with Crippen molar-refractivity contribution >= 4 is 6.09 Å². The van der Waals surface area contributed by atoms with Gasteiger partial charge in [0.25, 0.3) is 0 Å². The molecule has 110 valence electrons. The number of nitrogens with zero attached hydrogens (tertiary/aromatic N) is 1. The molecule has 2 aliphatic rings. The van der Waals surface area contributed by atoms with Crippen LogP contribution in [-0.4, -0.2) is 54.9 Å². The topological polar surface area (TPSA) is 53.6 Å². The number of likely N-dealkylation sites (tertiary alicyclic amines) is 1. The van der Waals surface area contributed by atoms with Crippen LogP contribution in [0.1, 0.15) is 40.0 Å². The second-order valence-electron chi connectivity index (χ2n) is 6.57. The molecule has 2 N–H and O–H groups in total. The Morgan fingerprint density at radius 1 is 1.42 bits per heavy atom. The highest BCUT2D eigenvalue weighted by Crippen LogP contribution is 2.22. The van der Waals surface area contributed by atoms with Gasteiger partial charge in [0.1, 0.15) is 5.60 Å². The summed E-state index contributed by atoms with van der Waals surface area (Å²) in [5.41, 5.74) is -0.403. The maximum atomic E-state index is 12.1. The Morgan fingerprint density at radius 2 is 2.16 bits per heavy atom. The molecule has 2 heterocycles. The summed E-state index contributed by atoms with van der Waals surface area (Å²) >= 11 is 0. The lowest BCUT2D eigenvalue weighted by Gasteiger charge is -2.31. The number of nitrogens with one attached hydrogen (secondary N) is 2. The monoisotopic (exact) mass is 269 g/mol. The van der Waals surface area contributed by atoms with Crippen molar-refractivity contribution in [2.75, 3.05) is 26.2 Å². The van der Waals surface area contributed by atoms with Gasteiger partial charge < -0.3 is 20.3 Å². The van der Waals surface area contributed by atoms with Crippen LogP contribution in [0.15, 0.2) is 0 Å². The molecule has 1 atom stereocenters. The number of hydrogen-bond donors (Lipinski definition) is 2. The van der Waals surface area contributed by atoms with Crippen LogP contribution in [0, 0.1) is 0 Å². The van der Waals surface area contributed by atoms with E-state index >= 15 is 0 Å². The van der Waals surface area contributed by atoms with Crippen molar-refractivity contribution in [2.45, 2.75) is 57.7 Å². The van der Waals surface area contributed by atoms with Gasteiger partial charge in [0, 0.05) is 31.7 Å². The van der Waals surface area contributed by atoms with E-state index in [0.29, 0.717) is 12.1 Å². The number of carbonyl (C=O) groups is 1. The summed E-state index contributed by atoms with van der Waals surface area (Å²) in [4.78, 5) is 14.0. The molecule has 0 aromatic heterocycles. The molecular formula is C14H27N3O2. The van der Waals surface area contributed by atoms with Crippen LogP contribution in [0.2, 0.25) is 0 Å². The fourth-order valence-corrected chi connectivity index (χ4v) is 2.58. The van der Waals surface area contributed by atoms with Gasteiger partial charge in [0.05, 0.1) is 0 Å². The highest BCUT2D eigenvalue weighted by molar-refractivity contribution is 5.68. The van der Waals surface area contributed by atoms with Crippen LogP contribution in [0.4, 0.5) is 4.79 Å². The lowest BCUT2D eigenvalue weighted by Crippen LogP contribution is -2.55. The molecule has 5 heteroatoms. The van der Waals surface area contributed by atoms with E-state index in [1.54, 1.807) is 0 Å². The predicted octanol–water partition coefficient (Wildman–Crippen LogP) is 1.34. The van der Waals surface area contributed by atoms with Crippen LogP contribution in [-0.2, 0) is 4.74 Å². The van der Waals surface area contributed by atoms with Gasteiger partial charge in [-0.05, 0) is 46.6 Å². The van der Waals surface area contributed by atoms with E-state index in [1.165, 1.54) is 0 Å². The summed E-state index contributed by atoms with van der Waals surface area (Å²) in [7, 11) is 0. The Kier molecular flexibility index (Phi) is 4.68. The molecule has 19 heavy (non-hydrogen) atoms. The lowest BCUT2D eigenvalue weighted by molar-refractivity contribution is 0.0220. The Bertz CT molecular complexity index is 310. The molecule has 2 aliphatic heterocycles. The summed E-state index contributed by atoms with van der Waals surface area (Å²) in [5, 5.41) is 6.76. The van der Waals surface area contributed by atoms with E-state index in [2.05, 4.69) is 10.6 Å². The number of amides is 1. The molecule has 0 radical (unpaired) electrons. The van der Waals surface area contributed by atoms with Crippen LogP contribution in [0.5, 0.6) is 0 Å². The van der Waals surface area contributed by atoms with Gasteiger partial charge in [-0.25, -0.2) is 4.79 Å². The van der Waals surface area contributed by atoms with Gasteiger partial charge in [-0.2, -0.15) is 0 Å². The van der Waals surface area contributed by atoms with Crippen molar-refractivity contribution in [2.24, 2.45) is 0 Å². The standard InChI is InChI=1S/C14H27N3O2/c1-14(2,3)19-13(18)17-8-4-5-12(17)6-7-16-11-9-15-10-11/h11-12,15-16H,4-10H2,1-3H3. The first kappa shape index (κ1) is 14.6. The number of carbonyl (C=O) groups excluding carboxylic acids is 1. The average molecular weight is 269 g/mol. The molecule has 0 bridgehead atoms. The molecule has 2 fully saturated rings. The minimum absolute atomic E-state index is 0.152. The van der Waals surface area contributed by atoms with E-state index in [9.17, 15) is 4.79 Å². The summed E-state index contributed by atoms with van der Waals surface area (Å²) < 4.78 is 5.47. The third-order valence-electron chi connectivity index (χ3n) is 3.70. The summed E-state index contributed by atoms with van der Waals surface area (Å²) in [6.07, 6.45) is 3.06. The van der Waals surface area contributed by atoms with Gasteiger partial charge >= 0.3 is 6.09 Å².